The molecule has 0 radical (unpaired) electrons. The number of ether oxygens (including phenoxy) is 1. The van der Waals surface area contributed by atoms with Gasteiger partial charge in [-0.1, -0.05) is 0 Å². The van der Waals surface area contributed by atoms with Gasteiger partial charge in [0.25, 0.3) is 0 Å². The van der Waals surface area contributed by atoms with Crippen LogP contribution in [0.1, 0.15) is 25.3 Å². The summed E-state index contributed by atoms with van der Waals surface area (Å²) in [5, 5.41) is 4.08. The van der Waals surface area contributed by atoms with Crippen LogP contribution in [0.3, 0.4) is 0 Å². The molecule has 1 heterocycles. The van der Waals surface area contributed by atoms with Gasteiger partial charge in [-0.3, -0.25) is 9.48 Å². The quantitative estimate of drug-likeness (QED) is 0.659. The normalized spacial score (nSPS) is 12.5. The summed E-state index contributed by atoms with van der Waals surface area (Å²) in [6.45, 7) is 4.62. The Labute approximate surface area is 77.5 Å². The highest BCUT2D eigenvalue weighted by atomic mass is 16.5. The molecule has 0 spiro atoms. The van der Waals surface area contributed by atoms with Crippen LogP contribution in [0.25, 0.3) is 0 Å². The van der Waals surface area contributed by atoms with E-state index in [4.69, 9.17) is 0 Å². The summed E-state index contributed by atoms with van der Waals surface area (Å²) in [6.07, 6.45) is 3.56. The molecule has 13 heavy (non-hydrogen) atoms. The van der Waals surface area contributed by atoms with E-state index in [9.17, 15) is 4.79 Å². The third-order valence-corrected chi connectivity index (χ3v) is 2.03. The first-order chi connectivity index (χ1) is 6.19. The fourth-order valence-corrected chi connectivity index (χ4v) is 1.09. The van der Waals surface area contributed by atoms with Gasteiger partial charge in [-0.25, -0.2) is 0 Å². The molecule has 0 amide bonds. The second kappa shape index (κ2) is 4.07. The first kappa shape index (κ1) is 9.77. The van der Waals surface area contributed by atoms with Gasteiger partial charge < -0.3 is 4.74 Å². The molecule has 1 aromatic heterocycles. The summed E-state index contributed by atoms with van der Waals surface area (Å²) in [5.41, 5.74) is 0.897. The molecular weight excluding hydrogens is 168 g/mol. The maximum Gasteiger partial charge on any atom is 0.312 e. The van der Waals surface area contributed by atoms with Crippen LogP contribution in [-0.4, -0.2) is 22.9 Å². The molecule has 0 aliphatic heterocycles. The molecule has 1 aromatic rings. The number of esters is 1. The molecule has 0 N–H and O–H groups in total. The smallest absolute Gasteiger partial charge is 0.312 e. The van der Waals surface area contributed by atoms with Gasteiger partial charge in [-0.15, -0.1) is 0 Å². The van der Waals surface area contributed by atoms with E-state index in [2.05, 4.69) is 9.84 Å². The van der Waals surface area contributed by atoms with E-state index in [0.717, 1.165) is 12.1 Å². The Morgan fingerprint density at radius 2 is 2.46 bits per heavy atom. The van der Waals surface area contributed by atoms with Crippen LogP contribution in [0.15, 0.2) is 12.4 Å². The summed E-state index contributed by atoms with van der Waals surface area (Å²) in [6, 6.07) is 0. The highest BCUT2D eigenvalue weighted by Crippen LogP contribution is 2.15. The van der Waals surface area contributed by atoms with Crippen LogP contribution in [0, 0.1) is 0 Å². The molecule has 0 fully saturated rings. The van der Waals surface area contributed by atoms with Crippen LogP contribution >= 0.6 is 0 Å². The van der Waals surface area contributed by atoms with E-state index in [0.29, 0.717) is 0 Å². The van der Waals surface area contributed by atoms with Gasteiger partial charge in [0.2, 0.25) is 0 Å². The van der Waals surface area contributed by atoms with Crippen molar-refractivity contribution in [1.82, 2.24) is 9.78 Å². The SMILES string of the molecule is CCn1cc(C(C)C(=O)OC)cn1. The van der Waals surface area contributed by atoms with Gasteiger partial charge in [-0.2, -0.15) is 5.10 Å². The Balaban J connectivity index is 2.76. The van der Waals surface area contributed by atoms with Gasteiger partial charge in [-0.05, 0) is 13.8 Å². The Hall–Kier alpha value is -1.32. The zero-order valence-electron chi connectivity index (χ0n) is 8.15. The number of nitrogens with zero attached hydrogens (tertiary/aromatic N) is 2. The number of aryl methyl sites for hydroxylation is 1. The lowest BCUT2D eigenvalue weighted by Crippen LogP contribution is -2.10. The molecule has 4 heteroatoms. The molecule has 0 saturated heterocycles. The summed E-state index contributed by atoms with van der Waals surface area (Å²) in [7, 11) is 1.39. The minimum atomic E-state index is -0.231. The number of aromatic nitrogens is 2. The summed E-state index contributed by atoms with van der Waals surface area (Å²) >= 11 is 0. The molecule has 4 nitrogen and oxygen atoms in total. The summed E-state index contributed by atoms with van der Waals surface area (Å²) < 4.78 is 6.42. The predicted molar refractivity (Wildman–Crippen MR) is 48.3 cm³/mol. The minimum absolute atomic E-state index is 0.226. The minimum Gasteiger partial charge on any atom is -0.469 e. The van der Waals surface area contributed by atoms with Gasteiger partial charge in [0.1, 0.15) is 0 Å². The van der Waals surface area contributed by atoms with Crippen molar-refractivity contribution in [3.8, 4) is 0 Å². The molecule has 1 atom stereocenters. The molecule has 0 aromatic carbocycles. The Bertz CT molecular complexity index is 294. The van der Waals surface area contributed by atoms with Crippen LogP contribution in [0.4, 0.5) is 0 Å². The number of carbonyl (C=O) groups excluding carboxylic acids is 1. The van der Waals surface area contributed by atoms with E-state index in [1.165, 1.54) is 7.11 Å². The van der Waals surface area contributed by atoms with Crippen molar-refractivity contribution < 1.29 is 9.53 Å². The fraction of sp³-hybridized carbons (Fsp3) is 0.556. The van der Waals surface area contributed by atoms with Gasteiger partial charge in [0.05, 0.1) is 19.2 Å². The Morgan fingerprint density at radius 1 is 1.77 bits per heavy atom. The fourth-order valence-electron chi connectivity index (χ4n) is 1.09. The lowest BCUT2D eigenvalue weighted by molar-refractivity contribution is -0.141. The monoisotopic (exact) mass is 182 g/mol. The topological polar surface area (TPSA) is 44.1 Å². The first-order valence-corrected chi connectivity index (χ1v) is 4.29. The lowest BCUT2D eigenvalue weighted by atomic mass is 10.1. The summed E-state index contributed by atoms with van der Waals surface area (Å²) in [4.78, 5) is 11.2. The van der Waals surface area contributed by atoms with Crippen molar-refractivity contribution in [2.24, 2.45) is 0 Å². The molecule has 1 unspecified atom stereocenters. The number of hydrogen-bond donors (Lipinski definition) is 0. The van der Waals surface area contributed by atoms with Gasteiger partial charge in [0.15, 0.2) is 0 Å². The first-order valence-electron chi connectivity index (χ1n) is 4.29. The number of methoxy groups -OCH3 is 1. The van der Waals surface area contributed by atoms with Crippen molar-refractivity contribution in [2.75, 3.05) is 7.11 Å². The molecule has 0 aliphatic rings. The highest BCUT2D eigenvalue weighted by Gasteiger charge is 2.16. The number of rotatable bonds is 3. The standard InChI is InChI=1S/C9H14N2O2/c1-4-11-6-8(5-10-11)7(2)9(12)13-3/h5-7H,4H2,1-3H3. The molecule has 0 aliphatic carbocycles. The van der Waals surface area contributed by atoms with Crippen molar-refractivity contribution >= 4 is 5.97 Å². The van der Waals surface area contributed by atoms with E-state index >= 15 is 0 Å². The van der Waals surface area contributed by atoms with Gasteiger partial charge >= 0.3 is 5.97 Å². The lowest BCUT2D eigenvalue weighted by Gasteiger charge is -2.04. The Morgan fingerprint density at radius 3 is 2.92 bits per heavy atom. The maximum absolute atomic E-state index is 11.2. The van der Waals surface area contributed by atoms with E-state index in [1.807, 2.05) is 20.0 Å². The molecule has 0 bridgehead atoms. The predicted octanol–water partition coefficient (Wildman–Crippen LogP) is 1.18. The second-order valence-corrected chi connectivity index (χ2v) is 2.87. The van der Waals surface area contributed by atoms with Crippen molar-refractivity contribution in [3.05, 3.63) is 18.0 Å². The summed E-state index contributed by atoms with van der Waals surface area (Å²) in [5.74, 6) is -0.457. The van der Waals surface area contributed by atoms with Crippen LogP contribution in [0.5, 0.6) is 0 Å². The van der Waals surface area contributed by atoms with E-state index < -0.39 is 0 Å². The van der Waals surface area contributed by atoms with Crippen LogP contribution in [-0.2, 0) is 16.1 Å². The third kappa shape index (κ3) is 2.08. The van der Waals surface area contributed by atoms with E-state index in [-0.39, 0.29) is 11.9 Å². The molecule has 0 saturated carbocycles. The Kier molecular flexibility index (Phi) is 3.06. The molecule has 1 rings (SSSR count). The average Bonchev–Trinajstić information content (AvgIpc) is 2.63. The molecule has 72 valence electrons. The third-order valence-electron chi connectivity index (χ3n) is 2.03. The number of hydrogen-bond acceptors (Lipinski definition) is 3. The van der Waals surface area contributed by atoms with Gasteiger partial charge in [0, 0.05) is 18.3 Å². The highest BCUT2D eigenvalue weighted by molar-refractivity contribution is 5.77. The largest absolute Gasteiger partial charge is 0.469 e. The average molecular weight is 182 g/mol. The van der Waals surface area contributed by atoms with Crippen LogP contribution in [0.2, 0.25) is 0 Å². The molecular formula is C9H14N2O2. The van der Waals surface area contributed by atoms with Crippen LogP contribution < -0.4 is 0 Å². The van der Waals surface area contributed by atoms with E-state index in [1.54, 1.807) is 10.9 Å². The zero-order valence-corrected chi connectivity index (χ0v) is 8.15. The van der Waals surface area contributed by atoms with Crippen molar-refractivity contribution in [2.45, 2.75) is 26.3 Å². The second-order valence-electron chi connectivity index (χ2n) is 2.87. The maximum atomic E-state index is 11.2. The zero-order chi connectivity index (χ0) is 9.84. The number of carbonyl (C=O) groups is 1. The van der Waals surface area contributed by atoms with Crippen molar-refractivity contribution in [3.63, 3.8) is 0 Å². The van der Waals surface area contributed by atoms with Crippen molar-refractivity contribution in [1.29, 1.82) is 0 Å².